The minimum atomic E-state index is -3.51. The van der Waals surface area contributed by atoms with Crippen molar-refractivity contribution in [3.05, 3.63) is 24.3 Å². The SMILES string of the molecule is O=S(=O)(NCCN1CCCC1)c1cccc(O)c1. The van der Waals surface area contributed by atoms with Crippen molar-refractivity contribution in [2.24, 2.45) is 0 Å². The zero-order valence-corrected chi connectivity index (χ0v) is 11.0. The molecule has 5 nitrogen and oxygen atoms in total. The number of rotatable bonds is 5. The number of benzene rings is 1. The van der Waals surface area contributed by atoms with Crippen LogP contribution in [0.1, 0.15) is 12.8 Å². The first-order chi connectivity index (χ1) is 8.58. The molecular weight excluding hydrogens is 252 g/mol. The fourth-order valence-electron chi connectivity index (χ4n) is 2.08. The first-order valence-electron chi connectivity index (χ1n) is 6.09. The summed E-state index contributed by atoms with van der Waals surface area (Å²) in [6.07, 6.45) is 2.39. The number of sulfonamides is 1. The van der Waals surface area contributed by atoms with Crippen LogP contribution in [0.4, 0.5) is 0 Å². The molecule has 1 aliphatic heterocycles. The molecule has 1 aliphatic rings. The van der Waals surface area contributed by atoms with E-state index < -0.39 is 10.0 Å². The number of likely N-dealkylation sites (tertiary alicyclic amines) is 1. The lowest BCUT2D eigenvalue weighted by Gasteiger charge is -2.14. The molecule has 2 N–H and O–H groups in total. The summed E-state index contributed by atoms with van der Waals surface area (Å²) in [6.45, 7) is 3.23. The molecule has 0 atom stereocenters. The lowest BCUT2D eigenvalue weighted by Crippen LogP contribution is -2.33. The number of hydrogen-bond acceptors (Lipinski definition) is 4. The van der Waals surface area contributed by atoms with E-state index in [4.69, 9.17) is 0 Å². The van der Waals surface area contributed by atoms with Gasteiger partial charge in [-0.1, -0.05) is 6.07 Å². The van der Waals surface area contributed by atoms with Crippen molar-refractivity contribution in [3.63, 3.8) is 0 Å². The fraction of sp³-hybridized carbons (Fsp3) is 0.500. The van der Waals surface area contributed by atoms with E-state index in [1.807, 2.05) is 0 Å². The van der Waals surface area contributed by atoms with Crippen LogP contribution >= 0.6 is 0 Å². The maximum Gasteiger partial charge on any atom is 0.240 e. The first-order valence-corrected chi connectivity index (χ1v) is 7.57. The molecular formula is C12H18N2O3S. The van der Waals surface area contributed by atoms with Gasteiger partial charge in [0.05, 0.1) is 4.90 Å². The molecule has 100 valence electrons. The molecule has 1 aromatic carbocycles. The van der Waals surface area contributed by atoms with Gasteiger partial charge in [0.1, 0.15) is 5.75 Å². The molecule has 1 aromatic rings. The lowest BCUT2D eigenvalue weighted by molar-refractivity contribution is 0.344. The van der Waals surface area contributed by atoms with Gasteiger partial charge < -0.3 is 10.0 Å². The van der Waals surface area contributed by atoms with E-state index >= 15 is 0 Å². The van der Waals surface area contributed by atoms with Gasteiger partial charge in [-0.25, -0.2) is 13.1 Å². The predicted octanol–water partition coefficient (Wildman–Crippen LogP) is 0.766. The Kier molecular flexibility index (Phi) is 4.21. The summed E-state index contributed by atoms with van der Waals surface area (Å²) in [5.74, 6) is -0.0441. The van der Waals surface area contributed by atoms with Crippen molar-refractivity contribution in [2.45, 2.75) is 17.7 Å². The van der Waals surface area contributed by atoms with Crippen LogP contribution in [0.2, 0.25) is 0 Å². The van der Waals surface area contributed by atoms with E-state index in [0.717, 1.165) is 19.6 Å². The van der Waals surface area contributed by atoms with E-state index in [-0.39, 0.29) is 10.6 Å². The van der Waals surface area contributed by atoms with Crippen LogP contribution in [-0.2, 0) is 10.0 Å². The average Bonchev–Trinajstić information content (AvgIpc) is 2.82. The van der Waals surface area contributed by atoms with Crippen molar-refractivity contribution >= 4 is 10.0 Å². The monoisotopic (exact) mass is 270 g/mol. The van der Waals surface area contributed by atoms with Gasteiger partial charge in [-0.05, 0) is 44.1 Å². The quantitative estimate of drug-likeness (QED) is 0.829. The molecule has 0 aromatic heterocycles. The summed E-state index contributed by atoms with van der Waals surface area (Å²) in [5.41, 5.74) is 0. The third kappa shape index (κ3) is 3.44. The van der Waals surface area contributed by atoms with Gasteiger partial charge in [-0.2, -0.15) is 0 Å². The van der Waals surface area contributed by atoms with E-state index in [2.05, 4.69) is 9.62 Å². The molecule has 1 saturated heterocycles. The Balaban J connectivity index is 1.90. The number of nitrogens with zero attached hydrogens (tertiary/aromatic N) is 1. The molecule has 1 heterocycles. The fourth-order valence-corrected chi connectivity index (χ4v) is 3.14. The third-order valence-electron chi connectivity index (χ3n) is 3.05. The Bertz CT molecular complexity index is 496. The number of hydrogen-bond donors (Lipinski definition) is 2. The van der Waals surface area contributed by atoms with Crippen molar-refractivity contribution in [1.29, 1.82) is 0 Å². The van der Waals surface area contributed by atoms with Gasteiger partial charge in [0.25, 0.3) is 0 Å². The molecule has 0 unspecified atom stereocenters. The van der Waals surface area contributed by atoms with Gasteiger partial charge in [0.15, 0.2) is 0 Å². The number of nitrogens with one attached hydrogen (secondary N) is 1. The normalized spacial score (nSPS) is 17.1. The van der Waals surface area contributed by atoms with Crippen LogP contribution < -0.4 is 4.72 Å². The second-order valence-electron chi connectivity index (χ2n) is 4.44. The van der Waals surface area contributed by atoms with E-state index in [9.17, 15) is 13.5 Å². The zero-order valence-electron chi connectivity index (χ0n) is 10.2. The molecule has 0 radical (unpaired) electrons. The Morgan fingerprint density at radius 1 is 1.28 bits per heavy atom. The highest BCUT2D eigenvalue weighted by Gasteiger charge is 2.16. The van der Waals surface area contributed by atoms with Crippen LogP contribution in [0.15, 0.2) is 29.2 Å². The summed E-state index contributed by atoms with van der Waals surface area (Å²) in [6, 6.07) is 5.68. The Morgan fingerprint density at radius 3 is 2.67 bits per heavy atom. The number of aromatic hydroxyl groups is 1. The maximum absolute atomic E-state index is 11.9. The van der Waals surface area contributed by atoms with Gasteiger partial charge in [0.2, 0.25) is 10.0 Å². The zero-order chi connectivity index (χ0) is 13.0. The molecule has 0 saturated carbocycles. The van der Waals surface area contributed by atoms with E-state index in [1.165, 1.54) is 37.1 Å². The molecule has 0 amide bonds. The highest BCUT2D eigenvalue weighted by Crippen LogP contribution is 2.15. The Hall–Kier alpha value is -1.11. The predicted molar refractivity (Wildman–Crippen MR) is 69.0 cm³/mol. The molecule has 1 fully saturated rings. The third-order valence-corrected chi connectivity index (χ3v) is 4.51. The van der Waals surface area contributed by atoms with E-state index in [1.54, 1.807) is 0 Å². The Morgan fingerprint density at radius 2 is 2.00 bits per heavy atom. The van der Waals surface area contributed by atoms with Crippen LogP contribution in [0.3, 0.4) is 0 Å². The molecule has 0 aliphatic carbocycles. The smallest absolute Gasteiger partial charge is 0.240 e. The van der Waals surface area contributed by atoms with Crippen molar-refractivity contribution < 1.29 is 13.5 Å². The van der Waals surface area contributed by atoms with Crippen LogP contribution in [-0.4, -0.2) is 44.6 Å². The number of phenols is 1. The standard InChI is InChI=1S/C12H18N2O3S/c15-11-4-3-5-12(10-11)18(16,17)13-6-9-14-7-1-2-8-14/h3-5,10,13,15H,1-2,6-9H2. The van der Waals surface area contributed by atoms with Gasteiger partial charge >= 0.3 is 0 Å². The lowest BCUT2D eigenvalue weighted by atomic mass is 10.3. The Labute approximate surface area is 107 Å². The summed E-state index contributed by atoms with van der Waals surface area (Å²) in [5, 5.41) is 9.27. The minimum Gasteiger partial charge on any atom is -0.508 e. The van der Waals surface area contributed by atoms with Gasteiger partial charge in [-0.3, -0.25) is 0 Å². The molecule has 0 bridgehead atoms. The summed E-state index contributed by atoms with van der Waals surface area (Å²) < 4.78 is 26.4. The van der Waals surface area contributed by atoms with E-state index in [0.29, 0.717) is 6.54 Å². The molecule has 18 heavy (non-hydrogen) atoms. The molecule has 0 spiro atoms. The minimum absolute atomic E-state index is 0.0441. The van der Waals surface area contributed by atoms with Crippen LogP contribution in [0.25, 0.3) is 0 Å². The van der Waals surface area contributed by atoms with Crippen molar-refractivity contribution in [3.8, 4) is 5.75 Å². The second-order valence-corrected chi connectivity index (χ2v) is 6.21. The number of phenolic OH excluding ortho intramolecular Hbond substituents is 1. The van der Waals surface area contributed by atoms with Crippen molar-refractivity contribution in [1.82, 2.24) is 9.62 Å². The summed E-state index contributed by atoms with van der Waals surface area (Å²) in [7, 11) is -3.51. The van der Waals surface area contributed by atoms with Crippen molar-refractivity contribution in [2.75, 3.05) is 26.2 Å². The van der Waals surface area contributed by atoms with Gasteiger partial charge in [-0.15, -0.1) is 0 Å². The largest absolute Gasteiger partial charge is 0.508 e. The summed E-state index contributed by atoms with van der Waals surface area (Å²) in [4.78, 5) is 2.34. The highest BCUT2D eigenvalue weighted by atomic mass is 32.2. The average molecular weight is 270 g/mol. The first kappa shape index (κ1) is 13.3. The van der Waals surface area contributed by atoms with Crippen LogP contribution in [0.5, 0.6) is 5.75 Å². The van der Waals surface area contributed by atoms with Gasteiger partial charge in [0, 0.05) is 13.1 Å². The second kappa shape index (κ2) is 5.69. The maximum atomic E-state index is 11.9. The molecule has 6 heteroatoms. The highest BCUT2D eigenvalue weighted by molar-refractivity contribution is 7.89. The van der Waals surface area contributed by atoms with Crippen LogP contribution in [0, 0.1) is 0 Å². The summed E-state index contributed by atoms with van der Waals surface area (Å²) >= 11 is 0. The molecule has 2 rings (SSSR count). The topological polar surface area (TPSA) is 69.6 Å².